The first-order chi connectivity index (χ1) is 13.6. The summed E-state index contributed by atoms with van der Waals surface area (Å²) in [5, 5.41) is 3.52. The van der Waals surface area contributed by atoms with Crippen LogP contribution in [0.4, 0.5) is 0 Å². The molecule has 1 heterocycles. The van der Waals surface area contributed by atoms with Crippen LogP contribution in [-0.4, -0.2) is 40.0 Å². The van der Waals surface area contributed by atoms with Gasteiger partial charge < -0.3 is 10.1 Å². The summed E-state index contributed by atoms with van der Waals surface area (Å²) in [5.41, 5.74) is 0.926. The number of nitrogens with one attached hydrogen (secondary N) is 1. The SMILES string of the molecule is COC(=O)[C@@H](CC[S@@](=O)c1ccccc1)NC(=O)c1cccc2cccnc12. The summed E-state index contributed by atoms with van der Waals surface area (Å²) in [7, 11) is -0.0165. The van der Waals surface area contributed by atoms with E-state index in [2.05, 4.69) is 10.3 Å². The van der Waals surface area contributed by atoms with Gasteiger partial charge in [0.05, 0.1) is 29.0 Å². The third-order valence-electron chi connectivity index (χ3n) is 4.27. The number of carbonyl (C=O) groups excluding carboxylic acids is 2. The van der Waals surface area contributed by atoms with Crippen LogP contribution in [0.3, 0.4) is 0 Å². The second-order valence-corrected chi connectivity index (χ2v) is 7.65. The summed E-state index contributed by atoms with van der Waals surface area (Å²) in [6.07, 6.45) is 1.80. The van der Waals surface area contributed by atoms with Crippen molar-refractivity contribution in [2.45, 2.75) is 17.4 Å². The van der Waals surface area contributed by atoms with Crippen LogP contribution >= 0.6 is 0 Å². The first kappa shape index (κ1) is 19.7. The number of hydrogen-bond acceptors (Lipinski definition) is 5. The van der Waals surface area contributed by atoms with E-state index < -0.39 is 28.7 Å². The van der Waals surface area contributed by atoms with Crippen molar-refractivity contribution in [2.24, 2.45) is 0 Å². The van der Waals surface area contributed by atoms with E-state index in [4.69, 9.17) is 4.74 Å². The Balaban J connectivity index is 1.74. The lowest BCUT2D eigenvalue weighted by Crippen LogP contribution is -2.42. The lowest BCUT2D eigenvalue weighted by molar-refractivity contribution is -0.142. The number of pyridine rings is 1. The van der Waals surface area contributed by atoms with Gasteiger partial charge in [0.25, 0.3) is 5.91 Å². The Morgan fingerprint density at radius 3 is 2.57 bits per heavy atom. The number of ether oxygens (including phenoxy) is 1. The molecule has 0 aliphatic carbocycles. The predicted molar refractivity (Wildman–Crippen MR) is 107 cm³/mol. The fourth-order valence-corrected chi connectivity index (χ4v) is 3.98. The number of carbonyl (C=O) groups is 2. The highest BCUT2D eigenvalue weighted by Crippen LogP contribution is 2.16. The molecule has 0 fully saturated rings. The molecule has 6 nitrogen and oxygen atoms in total. The Morgan fingerprint density at radius 1 is 1.07 bits per heavy atom. The number of fused-ring (bicyclic) bond motifs is 1. The van der Waals surface area contributed by atoms with Crippen LogP contribution in [0.2, 0.25) is 0 Å². The number of para-hydroxylation sites is 1. The standard InChI is InChI=1S/C21H20N2O4S/c1-27-21(25)18(12-14-28(26)16-9-3-2-4-10-16)23-20(24)17-11-5-7-15-8-6-13-22-19(15)17/h2-11,13,18H,12,14H2,1H3,(H,23,24)/t18-,28-/m1/s1. The molecule has 0 aliphatic rings. The van der Waals surface area contributed by atoms with Crippen LogP contribution in [0, 0.1) is 0 Å². The third-order valence-corrected chi connectivity index (χ3v) is 5.67. The van der Waals surface area contributed by atoms with E-state index in [-0.39, 0.29) is 12.2 Å². The Labute approximate surface area is 165 Å². The third kappa shape index (κ3) is 4.61. The van der Waals surface area contributed by atoms with E-state index in [1.807, 2.05) is 18.2 Å². The van der Waals surface area contributed by atoms with E-state index in [1.54, 1.807) is 48.7 Å². The molecule has 3 rings (SSSR count). The smallest absolute Gasteiger partial charge is 0.328 e. The number of hydrogen-bond donors (Lipinski definition) is 1. The predicted octanol–water partition coefficient (Wildman–Crippen LogP) is 2.70. The first-order valence-corrected chi connectivity index (χ1v) is 10.1. The maximum Gasteiger partial charge on any atom is 0.328 e. The first-order valence-electron chi connectivity index (χ1n) is 8.76. The van der Waals surface area contributed by atoms with Gasteiger partial charge in [-0.2, -0.15) is 0 Å². The van der Waals surface area contributed by atoms with Crippen LogP contribution in [0.1, 0.15) is 16.8 Å². The molecule has 2 aromatic carbocycles. The number of aromatic nitrogens is 1. The van der Waals surface area contributed by atoms with Gasteiger partial charge in [0.1, 0.15) is 6.04 Å². The average Bonchev–Trinajstić information content (AvgIpc) is 2.75. The van der Waals surface area contributed by atoms with E-state index in [0.29, 0.717) is 16.0 Å². The molecular formula is C21H20N2O4S. The fourth-order valence-electron chi connectivity index (χ4n) is 2.83. The lowest BCUT2D eigenvalue weighted by atomic mass is 10.1. The van der Waals surface area contributed by atoms with Crippen molar-refractivity contribution in [3.63, 3.8) is 0 Å². The Bertz CT molecular complexity index is 1000. The molecule has 1 N–H and O–H groups in total. The molecule has 1 amide bonds. The summed E-state index contributed by atoms with van der Waals surface area (Å²) in [6.45, 7) is 0. The van der Waals surface area contributed by atoms with Crippen molar-refractivity contribution >= 4 is 33.6 Å². The van der Waals surface area contributed by atoms with E-state index >= 15 is 0 Å². The van der Waals surface area contributed by atoms with Gasteiger partial charge in [-0.25, -0.2) is 4.79 Å². The van der Waals surface area contributed by atoms with Gasteiger partial charge in [-0.3, -0.25) is 14.0 Å². The summed E-state index contributed by atoms with van der Waals surface area (Å²) in [6, 6.07) is 17.0. The maximum atomic E-state index is 12.8. The largest absolute Gasteiger partial charge is 0.467 e. The molecule has 2 atom stereocenters. The lowest BCUT2D eigenvalue weighted by Gasteiger charge is -2.17. The highest BCUT2D eigenvalue weighted by molar-refractivity contribution is 7.85. The number of amides is 1. The van der Waals surface area contributed by atoms with Gasteiger partial charge >= 0.3 is 5.97 Å². The molecule has 0 saturated heterocycles. The molecule has 28 heavy (non-hydrogen) atoms. The fraction of sp³-hybridized carbons (Fsp3) is 0.190. The van der Waals surface area contributed by atoms with Crippen LogP contribution in [0.15, 0.2) is 71.8 Å². The summed E-state index contributed by atoms with van der Waals surface area (Å²) >= 11 is 0. The van der Waals surface area contributed by atoms with Crippen molar-refractivity contribution < 1.29 is 18.5 Å². The molecule has 0 aliphatic heterocycles. The maximum absolute atomic E-state index is 12.8. The second-order valence-electron chi connectivity index (χ2n) is 6.08. The molecule has 0 saturated carbocycles. The minimum atomic E-state index is -1.28. The van der Waals surface area contributed by atoms with Crippen LogP contribution in [0.5, 0.6) is 0 Å². The Hall–Kier alpha value is -3.06. The Kier molecular flexibility index (Phi) is 6.49. The van der Waals surface area contributed by atoms with Gasteiger partial charge in [0, 0.05) is 22.2 Å². The monoisotopic (exact) mass is 396 g/mol. The molecule has 0 radical (unpaired) electrons. The highest BCUT2D eigenvalue weighted by atomic mass is 32.2. The van der Waals surface area contributed by atoms with E-state index in [9.17, 15) is 13.8 Å². The van der Waals surface area contributed by atoms with Gasteiger partial charge in [-0.15, -0.1) is 0 Å². The molecule has 1 aromatic heterocycles. The van der Waals surface area contributed by atoms with E-state index in [1.165, 1.54) is 7.11 Å². The molecule has 3 aromatic rings. The number of methoxy groups -OCH3 is 1. The van der Waals surface area contributed by atoms with Gasteiger partial charge in [-0.05, 0) is 30.7 Å². The molecule has 0 unspecified atom stereocenters. The second kappa shape index (κ2) is 9.23. The van der Waals surface area contributed by atoms with E-state index in [0.717, 1.165) is 5.39 Å². The van der Waals surface area contributed by atoms with Crippen LogP contribution in [-0.2, 0) is 20.3 Å². The molecule has 0 bridgehead atoms. The minimum absolute atomic E-state index is 0.193. The van der Waals surface area contributed by atoms with Crippen LogP contribution in [0.25, 0.3) is 10.9 Å². The van der Waals surface area contributed by atoms with Crippen molar-refractivity contribution in [3.05, 3.63) is 72.4 Å². The molecule has 144 valence electrons. The minimum Gasteiger partial charge on any atom is -0.467 e. The quantitative estimate of drug-likeness (QED) is 0.621. The van der Waals surface area contributed by atoms with Crippen molar-refractivity contribution in [2.75, 3.05) is 12.9 Å². The number of nitrogens with zero attached hydrogens (tertiary/aromatic N) is 1. The molecule has 7 heteroatoms. The van der Waals surface area contributed by atoms with Crippen molar-refractivity contribution in [1.82, 2.24) is 10.3 Å². The zero-order valence-corrected chi connectivity index (χ0v) is 16.1. The zero-order valence-electron chi connectivity index (χ0n) is 15.3. The summed E-state index contributed by atoms with van der Waals surface area (Å²) in [4.78, 5) is 29.8. The summed E-state index contributed by atoms with van der Waals surface area (Å²) < 4.78 is 17.2. The van der Waals surface area contributed by atoms with Gasteiger partial charge in [0.15, 0.2) is 0 Å². The average molecular weight is 396 g/mol. The number of rotatable bonds is 7. The Morgan fingerprint density at radius 2 is 1.82 bits per heavy atom. The van der Waals surface area contributed by atoms with Crippen molar-refractivity contribution in [3.8, 4) is 0 Å². The van der Waals surface area contributed by atoms with Gasteiger partial charge in [-0.1, -0.05) is 36.4 Å². The zero-order chi connectivity index (χ0) is 19.9. The molecular weight excluding hydrogens is 376 g/mol. The molecule has 0 spiro atoms. The van der Waals surface area contributed by atoms with Gasteiger partial charge in [0.2, 0.25) is 0 Å². The topological polar surface area (TPSA) is 85.4 Å². The number of esters is 1. The number of benzene rings is 2. The van der Waals surface area contributed by atoms with Crippen molar-refractivity contribution in [1.29, 1.82) is 0 Å². The summed E-state index contributed by atoms with van der Waals surface area (Å²) in [5.74, 6) is -0.783. The van der Waals surface area contributed by atoms with Crippen LogP contribution < -0.4 is 5.32 Å². The normalized spacial score (nSPS) is 12.9. The highest BCUT2D eigenvalue weighted by Gasteiger charge is 2.24.